The zero-order valence-corrected chi connectivity index (χ0v) is 8.26. The highest BCUT2D eigenvalue weighted by Gasteiger charge is 2.27. The molecule has 1 aliphatic rings. The van der Waals surface area contributed by atoms with E-state index in [2.05, 4.69) is 15.3 Å². The molecule has 1 amide bonds. The fourth-order valence-electron chi connectivity index (χ4n) is 1.77. The number of nitrogens with one attached hydrogen (secondary N) is 1. The highest BCUT2D eigenvalue weighted by Crippen LogP contribution is 2.18. The summed E-state index contributed by atoms with van der Waals surface area (Å²) in [4.78, 5) is 19.3. The van der Waals surface area contributed by atoms with Gasteiger partial charge < -0.3 is 10.4 Å². The van der Waals surface area contributed by atoms with Gasteiger partial charge in [-0.3, -0.25) is 9.78 Å². The summed E-state index contributed by atoms with van der Waals surface area (Å²) in [5.74, 6) is -0.269. The molecule has 80 valence electrons. The summed E-state index contributed by atoms with van der Waals surface area (Å²) in [5.41, 5.74) is 0.289. The van der Waals surface area contributed by atoms with Crippen molar-refractivity contribution in [3.8, 4) is 0 Å². The van der Waals surface area contributed by atoms with Gasteiger partial charge in [-0.1, -0.05) is 0 Å². The number of aliphatic hydroxyl groups excluding tert-OH is 1. The van der Waals surface area contributed by atoms with Gasteiger partial charge in [-0.15, -0.1) is 0 Å². The maximum atomic E-state index is 11.6. The molecule has 1 saturated carbocycles. The van der Waals surface area contributed by atoms with Crippen LogP contribution in [0.15, 0.2) is 18.6 Å². The van der Waals surface area contributed by atoms with Gasteiger partial charge in [0.15, 0.2) is 0 Å². The monoisotopic (exact) mass is 207 g/mol. The van der Waals surface area contributed by atoms with Crippen LogP contribution in [0.2, 0.25) is 0 Å². The molecule has 2 N–H and O–H groups in total. The number of aromatic nitrogens is 2. The van der Waals surface area contributed by atoms with E-state index in [0.29, 0.717) is 0 Å². The van der Waals surface area contributed by atoms with Crippen LogP contribution in [0, 0.1) is 0 Å². The lowest BCUT2D eigenvalue weighted by molar-refractivity contribution is 0.0868. The SMILES string of the molecule is O=C(N[C@H]1CCC[C@@H]1O)c1cnccn1. The average molecular weight is 207 g/mol. The van der Waals surface area contributed by atoms with E-state index in [1.54, 1.807) is 0 Å². The molecule has 0 unspecified atom stereocenters. The van der Waals surface area contributed by atoms with E-state index in [1.165, 1.54) is 18.6 Å². The quantitative estimate of drug-likeness (QED) is 0.722. The minimum atomic E-state index is -0.425. The van der Waals surface area contributed by atoms with E-state index in [1.807, 2.05) is 0 Å². The highest BCUT2D eigenvalue weighted by atomic mass is 16.3. The largest absolute Gasteiger partial charge is 0.391 e. The summed E-state index contributed by atoms with van der Waals surface area (Å²) < 4.78 is 0. The molecule has 0 spiro atoms. The van der Waals surface area contributed by atoms with Gasteiger partial charge in [0.25, 0.3) is 5.91 Å². The maximum Gasteiger partial charge on any atom is 0.271 e. The molecule has 0 aromatic carbocycles. The van der Waals surface area contributed by atoms with Crippen LogP contribution < -0.4 is 5.32 Å². The third-order valence-electron chi connectivity index (χ3n) is 2.59. The molecule has 1 heterocycles. The van der Waals surface area contributed by atoms with E-state index in [0.717, 1.165) is 19.3 Å². The summed E-state index contributed by atoms with van der Waals surface area (Å²) in [7, 11) is 0. The van der Waals surface area contributed by atoms with Crippen LogP contribution in [0.1, 0.15) is 29.8 Å². The van der Waals surface area contributed by atoms with Gasteiger partial charge in [-0.25, -0.2) is 4.98 Å². The Balaban J connectivity index is 1.98. The summed E-state index contributed by atoms with van der Waals surface area (Å²) in [5, 5.41) is 12.3. The minimum absolute atomic E-state index is 0.139. The molecule has 15 heavy (non-hydrogen) atoms. The average Bonchev–Trinajstić information content (AvgIpc) is 2.66. The van der Waals surface area contributed by atoms with Crippen LogP contribution in [0.3, 0.4) is 0 Å². The Morgan fingerprint density at radius 1 is 1.47 bits per heavy atom. The van der Waals surface area contributed by atoms with Gasteiger partial charge in [0, 0.05) is 12.4 Å². The second-order valence-corrected chi connectivity index (χ2v) is 3.67. The first-order valence-electron chi connectivity index (χ1n) is 5.02. The molecule has 0 aliphatic heterocycles. The van der Waals surface area contributed by atoms with Gasteiger partial charge >= 0.3 is 0 Å². The van der Waals surface area contributed by atoms with Crippen molar-refractivity contribution in [1.29, 1.82) is 0 Å². The Labute approximate surface area is 87.6 Å². The van der Waals surface area contributed by atoms with E-state index in [4.69, 9.17) is 0 Å². The zero-order chi connectivity index (χ0) is 10.7. The number of hydrogen-bond acceptors (Lipinski definition) is 4. The van der Waals surface area contributed by atoms with Crippen LogP contribution in [0.25, 0.3) is 0 Å². The Morgan fingerprint density at radius 2 is 2.33 bits per heavy atom. The van der Waals surface area contributed by atoms with Gasteiger partial charge in [0.2, 0.25) is 0 Å². The van der Waals surface area contributed by atoms with Crippen molar-refractivity contribution in [2.45, 2.75) is 31.4 Å². The molecular formula is C10H13N3O2. The number of aliphatic hydroxyl groups is 1. The lowest BCUT2D eigenvalue weighted by atomic mass is 10.2. The molecule has 0 radical (unpaired) electrons. The lowest BCUT2D eigenvalue weighted by Gasteiger charge is -2.15. The second-order valence-electron chi connectivity index (χ2n) is 3.67. The second kappa shape index (κ2) is 4.35. The molecule has 1 fully saturated rings. The van der Waals surface area contributed by atoms with Crippen LogP contribution in [-0.4, -0.2) is 33.1 Å². The number of hydrogen-bond donors (Lipinski definition) is 2. The standard InChI is InChI=1S/C10H13N3O2/c14-9-3-1-2-7(9)13-10(15)8-6-11-4-5-12-8/h4-7,9,14H,1-3H2,(H,13,15)/t7-,9-/m0/s1. The number of carbonyl (C=O) groups excluding carboxylic acids is 1. The lowest BCUT2D eigenvalue weighted by Crippen LogP contribution is -2.40. The maximum absolute atomic E-state index is 11.6. The molecule has 2 rings (SSSR count). The first kappa shape index (κ1) is 10.0. The van der Waals surface area contributed by atoms with Gasteiger partial charge in [0.1, 0.15) is 5.69 Å². The fraction of sp³-hybridized carbons (Fsp3) is 0.500. The van der Waals surface area contributed by atoms with Crippen molar-refractivity contribution >= 4 is 5.91 Å². The Kier molecular flexibility index (Phi) is 2.91. The van der Waals surface area contributed by atoms with Crippen molar-refractivity contribution < 1.29 is 9.90 Å². The Bertz CT molecular complexity index is 342. The Morgan fingerprint density at radius 3 is 2.93 bits per heavy atom. The van der Waals surface area contributed by atoms with Gasteiger partial charge in [0.05, 0.1) is 18.3 Å². The van der Waals surface area contributed by atoms with E-state index in [9.17, 15) is 9.90 Å². The van der Waals surface area contributed by atoms with E-state index in [-0.39, 0.29) is 17.6 Å². The third kappa shape index (κ3) is 2.30. The van der Waals surface area contributed by atoms with Crippen LogP contribution in [0.5, 0.6) is 0 Å². The van der Waals surface area contributed by atoms with Crippen molar-refractivity contribution in [3.63, 3.8) is 0 Å². The van der Waals surface area contributed by atoms with E-state index < -0.39 is 6.10 Å². The number of carbonyl (C=O) groups is 1. The molecular weight excluding hydrogens is 194 g/mol. The van der Waals surface area contributed by atoms with Gasteiger partial charge in [-0.05, 0) is 19.3 Å². The summed E-state index contributed by atoms with van der Waals surface area (Å²) in [6, 6.07) is -0.139. The Hall–Kier alpha value is -1.49. The van der Waals surface area contributed by atoms with Crippen molar-refractivity contribution in [2.75, 3.05) is 0 Å². The minimum Gasteiger partial charge on any atom is -0.391 e. The number of nitrogens with zero attached hydrogens (tertiary/aromatic N) is 2. The summed E-state index contributed by atoms with van der Waals surface area (Å²) in [6.45, 7) is 0. The molecule has 1 aliphatic carbocycles. The highest BCUT2D eigenvalue weighted by molar-refractivity contribution is 5.92. The topological polar surface area (TPSA) is 75.1 Å². The predicted molar refractivity (Wildman–Crippen MR) is 53.1 cm³/mol. The predicted octanol–water partition coefficient (Wildman–Crippen LogP) is 0.120. The van der Waals surface area contributed by atoms with Crippen molar-refractivity contribution in [2.24, 2.45) is 0 Å². The summed E-state index contributed by atoms with van der Waals surface area (Å²) in [6.07, 6.45) is 6.51. The molecule has 1 aromatic heterocycles. The molecule has 1 aromatic rings. The van der Waals surface area contributed by atoms with Crippen molar-refractivity contribution in [1.82, 2.24) is 15.3 Å². The van der Waals surface area contributed by atoms with Crippen LogP contribution >= 0.6 is 0 Å². The molecule has 2 atom stereocenters. The first-order chi connectivity index (χ1) is 7.27. The van der Waals surface area contributed by atoms with Gasteiger partial charge in [-0.2, -0.15) is 0 Å². The molecule has 0 saturated heterocycles. The van der Waals surface area contributed by atoms with Crippen LogP contribution in [0.4, 0.5) is 0 Å². The van der Waals surface area contributed by atoms with E-state index >= 15 is 0 Å². The number of rotatable bonds is 2. The summed E-state index contributed by atoms with van der Waals surface area (Å²) >= 11 is 0. The first-order valence-corrected chi connectivity index (χ1v) is 5.02. The normalized spacial score (nSPS) is 25.1. The zero-order valence-electron chi connectivity index (χ0n) is 8.26. The molecule has 0 bridgehead atoms. The number of amides is 1. The molecule has 5 nitrogen and oxygen atoms in total. The van der Waals surface area contributed by atoms with Crippen LogP contribution in [-0.2, 0) is 0 Å². The van der Waals surface area contributed by atoms with Crippen molar-refractivity contribution in [3.05, 3.63) is 24.3 Å². The third-order valence-corrected chi connectivity index (χ3v) is 2.59. The fourth-order valence-corrected chi connectivity index (χ4v) is 1.77. The molecule has 5 heteroatoms. The smallest absolute Gasteiger partial charge is 0.271 e.